The van der Waals surface area contributed by atoms with Gasteiger partial charge in [-0.15, -0.1) is 0 Å². The van der Waals surface area contributed by atoms with Crippen LogP contribution in [0.5, 0.6) is 11.5 Å². The SMILES string of the molecule is CC(Nc1ccccc1Oc1ccccc1Cl)C(=O)NC(N)=O. The number of para-hydroxylation sites is 3. The molecule has 4 N–H and O–H groups in total. The molecule has 2 rings (SSSR count). The molecular formula is C16H16ClN3O3. The molecule has 0 saturated carbocycles. The number of benzene rings is 2. The van der Waals surface area contributed by atoms with Crippen LogP contribution in [0.1, 0.15) is 6.92 Å². The summed E-state index contributed by atoms with van der Waals surface area (Å²) in [5.41, 5.74) is 5.52. The largest absolute Gasteiger partial charge is 0.454 e. The number of rotatable bonds is 5. The summed E-state index contributed by atoms with van der Waals surface area (Å²) in [5.74, 6) is 0.460. The van der Waals surface area contributed by atoms with Crippen molar-refractivity contribution in [1.82, 2.24) is 5.32 Å². The summed E-state index contributed by atoms with van der Waals surface area (Å²) in [6.07, 6.45) is 0. The van der Waals surface area contributed by atoms with Crippen molar-refractivity contribution in [1.29, 1.82) is 0 Å². The monoisotopic (exact) mass is 333 g/mol. The highest BCUT2D eigenvalue weighted by Crippen LogP contribution is 2.33. The number of nitrogens with two attached hydrogens (primary N) is 1. The van der Waals surface area contributed by atoms with Gasteiger partial charge in [0.2, 0.25) is 5.91 Å². The number of hydrogen-bond acceptors (Lipinski definition) is 4. The molecule has 0 saturated heterocycles. The number of carbonyl (C=O) groups is 2. The van der Waals surface area contributed by atoms with E-state index in [-0.39, 0.29) is 0 Å². The Morgan fingerprint density at radius 2 is 1.70 bits per heavy atom. The van der Waals surface area contributed by atoms with Gasteiger partial charge in [-0.1, -0.05) is 35.9 Å². The number of primary amides is 1. The minimum absolute atomic E-state index is 0.474. The van der Waals surface area contributed by atoms with Crippen LogP contribution in [0.3, 0.4) is 0 Å². The Labute approximate surface area is 138 Å². The van der Waals surface area contributed by atoms with Gasteiger partial charge in [-0.05, 0) is 31.2 Å². The maximum Gasteiger partial charge on any atom is 0.318 e. The van der Waals surface area contributed by atoms with E-state index in [1.807, 2.05) is 5.32 Å². The smallest absolute Gasteiger partial charge is 0.318 e. The average Bonchev–Trinajstić information content (AvgIpc) is 2.50. The first-order chi connectivity index (χ1) is 11.0. The summed E-state index contributed by atoms with van der Waals surface area (Å²) < 4.78 is 5.78. The van der Waals surface area contributed by atoms with Crippen LogP contribution in [0.4, 0.5) is 10.5 Å². The highest BCUT2D eigenvalue weighted by Gasteiger charge is 2.16. The van der Waals surface area contributed by atoms with Crippen molar-refractivity contribution >= 4 is 29.2 Å². The average molecular weight is 334 g/mol. The predicted octanol–water partition coefficient (Wildman–Crippen LogP) is 3.13. The lowest BCUT2D eigenvalue weighted by Crippen LogP contribution is -2.43. The van der Waals surface area contributed by atoms with Gasteiger partial charge in [-0.2, -0.15) is 0 Å². The number of imide groups is 1. The molecule has 0 radical (unpaired) electrons. The van der Waals surface area contributed by atoms with Crippen molar-refractivity contribution in [3.8, 4) is 11.5 Å². The first-order valence-electron chi connectivity index (χ1n) is 6.85. The van der Waals surface area contributed by atoms with E-state index in [9.17, 15) is 9.59 Å². The lowest BCUT2D eigenvalue weighted by Gasteiger charge is -2.17. The van der Waals surface area contributed by atoms with Crippen molar-refractivity contribution in [2.75, 3.05) is 5.32 Å². The summed E-state index contributed by atoms with van der Waals surface area (Å²) in [5, 5.41) is 5.46. The minimum Gasteiger partial charge on any atom is -0.454 e. The molecule has 6 nitrogen and oxygen atoms in total. The zero-order chi connectivity index (χ0) is 16.8. The van der Waals surface area contributed by atoms with E-state index in [4.69, 9.17) is 22.1 Å². The normalized spacial score (nSPS) is 11.4. The van der Waals surface area contributed by atoms with Crippen molar-refractivity contribution in [3.05, 3.63) is 53.6 Å². The van der Waals surface area contributed by atoms with Crippen molar-refractivity contribution in [2.45, 2.75) is 13.0 Å². The van der Waals surface area contributed by atoms with E-state index in [1.54, 1.807) is 55.5 Å². The van der Waals surface area contributed by atoms with Gasteiger partial charge >= 0.3 is 6.03 Å². The number of hydrogen-bond donors (Lipinski definition) is 3. The van der Waals surface area contributed by atoms with Gasteiger partial charge in [0.1, 0.15) is 11.8 Å². The van der Waals surface area contributed by atoms with Crippen molar-refractivity contribution in [2.24, 2.45) is 5.73 Å². The summed E-state index contributed by atoms with van der Waals surface area (Å²) in [4.78, 5) is 22.5. The standard InChI is InChI=1S/C16H16ClN3O3/c1-10(15(21)20-16(18)22)19-12-7-3-5-9-14(12)23-13-8-4-2-6-11(13)17/h2-10,19H,1H3,(H3,18,20,21,22). The second-order valence-corrected chi connectivity index (χ2v) is 5.16. The Hall–Kier alpha value is -2.73. The van der Waals surface area contributed by atoms with Crippen LogP contribution in [-0.4, -0.2) is 18.0 Å². The summed E-state index contributed by atoms with van der Waals surface area (Å²) >= 11 is 6.08. The zero-order valence-electron chi connectivity index (χ0n) is 12.4. The predicted molar refractivity (Wildman–Crippen MR) is 88.8 cm³/mol. The van der Waals surface area contributed by atoms with Gasteiger partial charge in [-0.25, -0.2) is 4.79 Å². The Morgan fingerprint density at radius 1 is 1.09 bits per heavy atom. The highest BCUT2D eigenvalue weighted by molar-refractivity contribution is 6.32. The molecule has 0 aliphatic heterocycles. The third kappa shape index (κ3) is 4.62. The van der Waals surface area contributed by atoms with Crippen LogP contribution in [0, 0.1) is 0 Å². The molecule has 2 aromatic rings. The van der Waals surface area contributed by atoms with Gasteiger partial charge in [0, 0.05) is 0 Å². The van der Waals surface area contributed by atoms with Gasteiger partial charge < -0.3 is 15.8 Å². The quantitative estimate of drug-likeness (QED) is 0.783. The maximum atomic E-state index is 11.7. The van der Waals surface area contributed by atoms with Gasteiger partial charge in [0.25, 0.3) is 0 Å². The topological polar surface area (TPSA) is 93.4 Å². The minimum atomic E-state index is -0.899. The number of urea groups is 1. The van der Waals surface area contributed by atoms with E-state index < -0.39 is 18.0 Å². The van der Waals surface area contributed by atoms with Gasteiger partial charge in [0.05, 0.1) is 10.7 Å². The van der Waals surface area contributed by atoms with Crippen LogP contribution < -0.4 is 21.1 Å². The molecule has 0 spiro atoms. The number of nitrogens with one attached hydrogen (secondary N) is 2. The molecule has 23 heavy (non-hydrogen) atoms. The summed E-state index contributed by atoms with van der Waals surface area (Å²) in [6, 6.07) is 12.6. The molecular weight excluding hydrogens is 318 g/mol. The second kappa shape index (κ2) is 7.51. The third-order valence-corrected chi connectivity index (χ3v) is 3.27. The van der Waals surface area contributed by atoms with Gasteiger partial charge in [-0.3, -0.25) is 10.1 Å². The Kier molecular flexibility index (Phi) is 5.43. The van der Waals surface area contributed by atoms with Crippen LogP contribution in [0.15, 0.2) is 48.5 Å². The molecule has 0 bridgehead atoms. The first kappa shape index (κ1) is 16.6. The fourth-order valence-electron chi connectivity index (χ4n) is 1.85. The Balaban J connectivity index is 2.16. The van der Waals surface area contributed by atoms with E-state index >= 15 is 0 Å². The lowest BCUT2D eigenvalue weighted by molar-refractivity contribution is -0.120. The van der Waals surface area contributed by atoms with Crippen LogP contribution in [0.25, 0.3) is 0 Å². The van der Waals surface area contributed by atoms with E-state index in [1.165, 1.54) is 0 Å². The van der Waals surface area contributed by atoms with Gasteiger partial charge in [0.15, 0.2) is 5.75 Å². The van der Waals surface area contributed by atoms with Crippen LogP contribution in [-0.2, 0) is 4.79 Å². The van der Waals surface area contributed by atoms with Crippen molar-refractivity contribution in [3.63, 3.8) is 0 Å². The molecule has 0 aromatic heterocycles. The van der Waals surface area contributed by atoms with Crippen molar-refractivity contribution < 1.29 is 14.3 Å². The number of ether oxygens (including phenoxy) is 1. The summed E-state index contributed by atoms with van der Waals surface area (Å²) in [6.45, 7) is 1.60. The fraction of sp³-hybridized carbons (Fsp3) is 0.125. The van der Waals surface area contributed by atoms with Crippen LogP contribution in [0.2, 0.25) is 5.02 Å². The number of amides is 3. The molecule has 0 aliphatic carbocycles. The number of carbonyl (C=O) groups excluding carboxylic acids is 2. The second-order valence-electron chi connectivity index (χ2n) is 4.75. The van der Waals surface area contributed by atoms with E-state index in [2.05, 4.69) is 5.32 Å². The number of anilines is 1. The number of halogens is 1. The molecule has 1 unspecified atom stereocenters. The molecule has 0 fully saturated rings. The third-order valence-electron chi connectivity index (χ3n) is 2.96. The lowest BCUT2D eigenvalue weighted by atomic mass is 10.2. The molecule has 1 atom stereocenters. The maximum absolute atomic E-state index is 11.7. The molecule has 2 aromatic carbocycles. The molecule has 3 amide bonds. The highest BCUT2D eigenvalue weighted by atomic mass is 35.5. The first-order valence-corrected chi connectivity index (χ1v) is 7.23. The molecule has 120 valence electrons. The van der Waals surface area contributed by atoms with Crippen LogP contribution >= 0.6 is 11.6 Å². The van der Waals surface area contributed by atoms with E-state index in [0.29, 0.717) is 22.2 Å². The molecule has 7 heteroatoms. The molecule has 0 aliphatic rings. The molecule has 0 heterocycles. The Morgan fingerprint density at radius 3 is 2.35 bits per heavy atom. The fourth-order valence-corrected chi connectivity index (χ4v) is 2.02. The summed E-state index contributed by atoms with van der Waals surface area (Å²) in [7, 11) is 0. The Bertz CT molecular complexity index is 721. The van der Waals surface area contributed by atoms with E-state index in [0.717, 1.165) is 0 Å². The zero-order valence-corrected chi connectivity index (χ0v) is 13.1.